The first kappa shape index (κ1) is 22.8. The first-order valence-corrected chi connectivity index (χ1v) is 10.4. The molecule has 0 fully saturated rings. The maximum absolute atomic E-state index is 12.3. The number of hydrogen-bond acceptors (Lipinski definition) is 4. The Morgan fingerprint density at radius 3 is 2.12 bits per heavy atom. The van der Waals surface area contributed by atoms with Crippen molar-refractivity contribution in [1.82, 2.24) is 0 Å². The molecule has 0 atom stereocenters. The zero-order valence-electron chi connectivity index (χ0n) is 18.2. The van der Waals surface area contributed by atoms with Crippen LogP contribution in [0.2, 0.25) is 0 Å². The molecule has 32 heavy (non-hydrogen) atoms. The summed E-state index contributed by atoms with van der Waals surface area (Å²) in [7, 11) is 0. The van der Waals surface area contributed by atoms with Gasteiger partial charge in [0, 0.05) is 12.0 Å². The van der Waals surface area contributed by atoms with Crippen LogP contribution in [0, 0.1) is 0 Å². The molecule has 5 heteroatoms. The fraction of sp³-hybridized carbons (Fsp3) is 0.185. The third kappa shape index (κ3) is 6.57. The lowest BCUT2D eigenvalue weighted by Gasteiger charge is -2.21. The topological polar surface area (TPSA) is 72.8 Å². The van der Waals surface area contributed by atoms with Gasteiger partial charge < -0.3 is 14.6 Å². The molecule has 1 N–H and O–H groups in total. The quantitative estimate of drug-likeness (QED) is 0.342. The van der Waals surface area contributed by atoms with E-state index in [4.69, 9.17) is 14.6 Å². The number of ether oxygens (including phenoxy) is 2. The van der Waals surface area contributed by atoms with E-state index in [0.29, 0.717) is 30.1 Å². The van der Waals surface area contributed by atoms with E-state index in [0.717, 1.165) is 11.1 Å². The minimum absolute atomic E-state index is 0.0613. The van der Waals surface area contributed by atoms with E-state index in [-0.39, 0.29) is 5.78 Å². The molecule has 3 aromatic carbocycles. The molecular formula is C27H26O5. The van der Waals surface area contributed by atoms with Gasteiger partial charge in [0.05, 0.1) is 6.61 Å². The number of benzene rings is 3. The average Bonchev–Trinajstić information content (AvgIpc) is 2.79. The Hall–Kier alpha value is -3.86. The van der Waals surface area contributed by atoms with Crippen molar-refractivity contribution in [2.75, 3.05) is 6.61 Å². The molecule has 0 saturated heterocycles. The van der Waals surface area contributed by atoms with Crippen LogP contribution in [0.3, 0.4) is 0 Å². The standard InChI is InChI=1S/C27H26O5/c1-27(2,26(29)30)32-24-13-8-21(9-14-24)18-19-31-23-15-11-22(12-16-23)25(28)17-10-20-6-4-3-5-7-20/h3-17H,18-19H2,1-2H3,(H,29,30)/b17-10+. The zero-order chi connectivity index (χ0) is 23.0. The van der Waals surface area contributed by atoms with Crippen molar-refractivity contribution < 1.29 is 24.2 Å². The summed E-state index contributed by atoms with van der Waals surface area (Å²) in [5.74, 6) is 0.115. The third-order valence-electron chi connectivity index (χ3n) is 4.84. The van der Waals surface area contributed by atoms with Crippen LogP contribution in [0.1, 0.15) is 35.3 Å². The molecule has 0 aliphatic rings. The van der Waals surface area contributed by atoms with Crippen LogP contribution in [0.4, 0.5) is 0 Å². The summed E-state index contributed by atoms with van der Waals surface area (Å²) in [4.78, 5) is 23.5. The van der Waals surface area contributed by atoms with E-state index in [1.54, 1.807) is 48.6 Å². The van der Waals surface area contributed by atoms with E-state index in [1.807, 2.05) is 42.5 Å². The normalized spacial score (nSPS) is 11.3. The Labute approximate surface area is 187 Å². The highest BCUT2D eigenvalue weighted by atomic mass is 16.5. The summed E-state index contributed by atoms with van der Waals surface area (Å²) in [5.41, 5.74) is 1.34. The molecule has 0 unspecified atom stereocenters. The Morgan fingerprint density at radius 1 is 0.875 bits per heavy atom. The van der Waals surface area contributed by atoms with Gasteiger partial charge in [-0.3, -0.25) is 4.79 Å². The lowest BCUT2D eigenvalue weighted by Crippen LogP contribution is -2.37. The van der Waals surface area contributed by atoms with Crippen LogP contribution >= 0.6 is 0 Å². The van der Waals surface area contributed by atoms with E-state index >= 15 is 0 Å². The zero-order valence-corrected chi connectivity index (χ0v) is 18.2. The van der Waals surface area contributed by atoms with E-state index in [9.17, 15) is 9.59 Å². The molecule has 0 heterocycles. The van der Waals surface area contributed by atoms with Crippen molar-refractivity contribution in [2.24, 2.45) is 0 Å². The molecule has 0 aliphatic carbocycles. The third-order valence-corrected chi connectivity index (χ3v) is 4.84. The minimum atomic E-state index is -1.28. The van der Waals surface area contributed by atoms with Gasteiger partial charge in [-0.05, 0) is 67.4 Å². The fourth-order valence-corrected chi connectivity index (χ4v) is 2.90. The number of ketones is 1. The van der Waals surface area contributed by atoms with Gasteiger partial charge >= 0.3 is 5.97 Å². The highest BCUT2D eigenvalue weighted by Crippen LogP contribution is 2.20. The summed E-state index contributed by atoms with van der Waals surface area (Å²) in [6.45, 7) is 3.49. The Bertz CT molecular complexity index is 1070. The first-order chi connectivity index (χ1) is 15.3. The Morgan fingerprint density at radius 2 is 1.50 bits per heavy atom. The van der Waals surface area contributed by atoms with Gasteiger partial charge in [-0.15, -0.1) is 0 Å². The number of rotatable bonds is 10. The maximum atomic E-state index is 12.3. The molecule has 0 saturated carbocycles. The first-order valence-electron chi connectivity index (χ1n) is 10.4. The predicted octanol–water partition coefficient (Wildman–Crippen LogP) is 5.45. The monoisotopic (exact) mass is 430 g/mol. The smallest absolute Gasteiger partial charge is 0.347 e. The van der Waals surface area contributed by atoms with Crippen LogP contribution in [0.5, 0.6) is 11.5 Å². The molecule has 0 aromatic heterocycles. The molecule has 0 aliphatic heterocycles. The van der Waals surface area contributed by atoms with Crippen LogP contribution < -0.4 is 9.47 Å². The summed E-state index contributed by atoms with van der Waals surface area (Å²) in [6.07, 6.45) is 4.05. The van der Waals surface area contributed by atoms with Gasteiger partial charge in [0.15, 0.2) is 11.4 Å². The molecular weight excluding hydrogens is 404 g/mol. The number of carboxylic acid groups (broad SMARTS) is 1. The molecule has 164 valence electrons. The maximum Gasteiger partial charge on any atom is 0.347 e. The summed E-state index contributed by atoms with van der Waals surface area (Å²) in [6, 6.07) is 24.0. The molecule has 0 amide bonds. The second kappa shape index (κ2) is 10.4. The van der Waals surface area contributed by atoms with Crippen LogP contribution in [0.15, 0.2) is 84.9 Å². The van der Waals surface area contributed by atoms with Crippen molar-refractivity contribution in [2.45, 2.75) is 25.9 Å². The van der Waals surface area contributed by atoms with Crippen molar-refractivity contribution in [3.63, 3.8) is 0 Å². The summed E-state index contributed by atoms with van der Waals surface area (Å²) >= 11 is 0. The SMILES string of the molecule is CC(C)(Oc1ccc(CCOc2ccc(C(=O)/C=C/c3ccccc3)cc2)cc1)C(=O)O. The van der Waals surface area contributed by atoms with Crippen molar-refractivity contribution in [1.29, 1.82) is 0 Å². The molecule has 0 radical (unpaired) electrons. The minimum Gasteiger partial charge on any atom is -0.493 e. The largest absolute Gasteiger partial charge is 0.493 e. The molecule has 0 spiro atoms. The van der Waals surface area contributed by atoms with Crippen molar-refractivity contribution in [3.05, 3.63) is 102 Å². The van der Waals surface area contributed by atoms with Crippen LogP contribution in [-0.4, -0.2) is 29.1 Å². The summed E-state index contributed by atoms with van der Waals surface area (Å²) < 4.78 is 11.3. The van der Waals surface area contributed by atoms with Crippen LogP contribution in [-0.2, 0) is 11.2 Å². The van der Waals surface area contributed by atoms with Gasteiger partial charge in [0.1, 0.15) is 11.5 Å². The van der Waals surface area contributed by atoms with Gasteiger partial charge in [-0.2, -0.15) is 0 Å². The lowest BCUT2D eigenvalue weighted by atomic mass is 10.1. The van der Waals surface area contributed by atoms with Gasteiger partial charge in [0.2, 0.25) is 0 Å². The number of allylic oxidation sites excluding steroid dienone is 1. The molecule has 5 nitrogen and oxygen atoms in total. The molecule has 0 bridgehead atoms. The van der Waals surface area contributed by atoms with Crippen LogP contribution in [0.25, 0.3) is 6.08 Å². The van der Waals surface area contributed by atoms with Gasteiger partial charge in [-0.1, -0.05) is 48.5 Å². The predicted molar refractivity (Wildman–Crippen MR) is 124 cm³/mol. The number of aliphatic carboxylic acids is 1. The van der Waals surface area contributed by atoms with E-state index in [1.165, 1.54) is 13.8 Å². The average molecular weight is 431 g/mol. The number of carboxylic acids is 1. The Kier molecular flexibility index (Phi) is 7.45. The highest BCUT2D eigenvalue weighted by molar-refractivity contribution is 6.06. The molecule has 3 aromatic rings. The van der Waals surface area contributed by atoms with Crippen molar-refractivity contribution in [3.8, 4) is 11.5 Å². The Balaban J connectivity index is 1.47. The highest BCUT2D eigenvalue weighted by Gasteiger charge is 2.29. The molecule has 3 rings (SSSR count). The second-order valence-electron chi connectivity index (χ2n) is 7.79. The van der Waals surface area contributed by atoms with Gasteiger partial charge in [-0.25, -0.2) is 4.79 Å². The van der Waals surface area contributed by atoms with E-state index in [2.05, 4.69) is 0 Å². The second-order valence-corrected chi connectivity index (χ2v) is 7.79. The summed E-state index contributed by atoms with van der Waals surface area (Å²) in [5, 5.41) is 9.14. The van der Waals surface area contributed by atoms with Gasteiger partial charge in [0.25, 0.3) is 0 Å². The number of carbonyl (C=O) groups excluding carboxylic acids is 1. The lowest BCUT2D eigenvalue weighted by molar-refractivity contribution is -0.152. The van der Waals surface area contributed by atoms with Crippen molar-refractivity contribution >= 4 is 17.8 Å². The number of carbonyl (C=O) groups is 2. The fourth-order valence-electron chi connectivity index (χ4n) is 2.90. The number of hydrogen-bond donors (Lipinski definition) is 1. The van der Waals surface area contributed by atoms with E-state index < -0.39 is 11.6 Å².